The Morgan fingerprint density at radius 3 is 2.73 bits per heavy atom. The Morgan fingerprint density at radius 1 is 1.33 bits per heavy atom. The molecule has 80 valence electrons. The first-order valence-corrected chi connectivity index (χ1v) is 5.85. The molecule has 0 saturated heterocycles. The van der Waals surface area contributed by atoms with Gasteiger partial charge in [-0.1, -0.05) is 12.1 Å². The van der Waals surface area contributed by atoms with Crippen LogP contribution in [0.25, 0.3) is 10.9 Å². The van der Waals surface area contributed by atoms with E-state index < -0.39 is 0 Å². The van der Waals surface area contributed by atoms with Gasteiger partial charge in [0.25, 0.3) is 0 Å². The van der Waals surface area contributed by atoms with Crippen LogP contribution in [0, 0.1) is 0 Å². The maximum Gasteiger partial charge on any atom is 0.0486 e. The van der Waals surface area contributed by atoms with E-state index in [2.05, 4.69) is 48.5 Å². The Balaban J connectivity index is 2.78. The number of fused-ring (bicyclic) bond motifs is 1. The molecule has 2 aromatic rings. The van der Waals surface area contributed by atoms with Crippen LogP contribution >= 0.6 is 12.6 Å². The van der Waals surface area contributed by atoms with Gasteiger partial charge in [0.1, 0.15) is 0 Å². The fourth-order valence-electron chi connectivity index (χ4n) is 2.07. The maximum atomic E-state index is 5.76. The van der Waals surface area contributed by atoms with Gasteiger partial charge in [0.15, 0.2) is 0 Å². The second kappa shape index (κ2) is 4.29. The smallest absolute Gasteiger partial charge is 0.0486 e. The van der Waals surface area contributed by atoms with Crippen molar-refractivity contribution in [2.45, 2.75) is 25.8 Å². The van der Waals surface area contributed by atoms with E-state index in [1.165, 1.54) is 22.0 Å². The van der Waals surface area contributed by atoms with Crippen LogP contribution in [0.2, 0.25) is 0 Å². The lowest BCUT2D eigenvalue weighted by Crippen LogP contribution is -1.97. The van der Waals surface area contributed by atoms with Crippen molar-refractivity contribution < 1.29 is 0 Å². The topological polar surface area (TPSA) is 30.9 Å². The van der Waals surface area contributed by atoms with Crippen molar-refractivity contribution in [2.75, 3.05) is 0 Å². The predicted octanol–water partition coefficient (Wildman–Crippen LogP) is 2.55. The number of hydrogen-bond donors (Lipinski definition) is 2. The van der Waals surface area contributed by atoms with E-state index in [-0.39, 0.29) is 0 Å². The highest BCUT2D eigenvalue weighted by Crippen LogP contribution is 2.26. The largest absolute Gasteiger partial charge is 0.347 e. The number of nitrogens with zero attached hydrogens (tertiary/aromatic N) is 1. The molecule has 0 spiro atoms. The fourth-order valence-corrected chi connectivity index (χ4v) is 2.31. The lowest BCUT2D eigenvalue weighted by molar-refractivity contribution is 0.795. The van der Waals surface area contributed by atoms with Crippen LogP contribution in [0.4, 0.5) is 0 Å². The van der Waals surface area contributed by atoms with Crippen LogP contribution in [0.1, 0.15) is 18.1 Å². The number of aryl methyl sites for hydroxylation is 1. The van der Waals surface area contributed by atoms with E-state index in [0.717, 1.165) is 12.3 Å². The zero-order valence-electron chi connectivity index (χ0n) is 8.90. The number of aromatic nitrogens is 1. The van der Waals surface area contributed by atoms with Gasteiger partial charge in [-0.25, -0.2) is 0 Å². The molecule has 0 atom stereocenters. The summed E-state index contributed by atoms with van der Waals surface area (Å²) in [5.74, 6) is 0.764. The van der Waals surface area contributed by atoms with Gasteiger partial charge in [-0.2, -0.15) is 12.6 Å². The lowest BCUT2D eigenvalue weighted by Gasteiger charge is -2.03. The van der Waals surface area contributed by atoms with Gasteiger partial charge in [-0.3, -0.25) is 0 Å². The minimum atomic E-state index is 0.589. The maximum absolute atomic E-state index is 5.76. The summed E-state index contributed by atoms with van der Waals surface area (Å²) >= 11 is 4.37. The summed E-state index contributed by atoms with van der Waals surface area (Å²) < 4.78 is 2.25. The molecule has 1 aromatic carbocycles. The van der Waals surface area contributed by atoms with Gasteiger partial charge in [-0.05, 0) is 24.1 Å². The molecule has 0 unspecified atom stereocenters. The van der Waals surface area contributed by atoms with E-state index in [4.69, 9.17) is 5.73 Å². The molecule has 15 heavy (non-hydrogen) atoms. The molecule has 0 aliphatic carbocycles. The second-order valence-electron chi connectivity index (χ2n) is 3.61. The molecule has 0 amide bonds. The van der Waals surface area contributed by atoms with Crippen LogP contribution in [-0.2, 0) is 18.8 Å². The molecule has 3 heteroatoms. The molecule has 0 aliphatic heterocycles. The van der Waals surface area contributed by atoms with Crippen molar-refractivity contribution in [2.24, 2.45) is 5.73 Å². The minimum absolute atomic E-state index is 0.589. The first-order valence-electron chi connectivity index (χ1n) is 5.22. The van der Waals surface area contributed by atoms with E-state index in [0.29, 0.717) is 6.54 Å². The molecule has 0 aliphatic rings. The van der Waals surface area contributed by atoms with Crippen molar-refractivity contribution >= 4 is 23.5 Å². The second-order valence-corrected chi connectivity index (χ2v) is 3.93. The van der Waals surface area contributed by atoms with Crippen molar-refractivity contribution in [3.63, 3.8) is 0 Å². The molecule has 1 heterocycles. The Bertz CT molecular complexity index is 474. The Hall–Kier alpha value is -0.930. The molecular formula is C12H16N2S. The quantitative estimate of drug-likeness (QED) is 0.765. The zero-order chi connectivity index (χ0) is 10.8. The van der Waals surface area contributed by atoms with Crippen LogP contribution in [0.5, 0.6) is 0 Å². The SMILES string of the molecule is CCn1cc(CS)c2c(CN)cccc21. The van der Waals surface area contributed by atoms with Crippen molar-refractivity contribution in [3.05, 3.63) is 35.5 Å². The zero-order valence-corrected chi connectivity index (χ0v) is 9.80. The monoisotopic (exact) mass is 220 g/mol. The lowest BCUT2D eigenvalue weighted by atomic mass is 10.1. The third kappa shape index (κ3) is 1.66. The van der Waals surface area contributed by atoms with Gasteiger partial charge in [0.05, 0.1) is 0 Å². The van der Waals surface area contributed by atoms with E-state index >= 15 is 0 Å². The first kappa shape index (κ1) is 10.6. The number of rotatable bonds is 3. The fraction of sp³-hybridized carbons (Fsp3) is 0.333. The average Bonchev–Trinajstić information content (AvgIpc) is 2.66. The highest BCUT2D eigenvalue weighted by Gasteiger charge is 2.09. The molecule has 2 rings (SSSR count). The van der Waals surface area contributed by atoms with Gasteiger partial charge < -0.3 is 10.3 Å². The van der Waals surface area contributed by atoms with Crippen LogP contribution in [-0.4, -0.2) is 4.57 Å². The van der Waals surface area contributed by atoms with Crippen LogP contribution in [0.15, 0.2) is 24.4 Å². The van der Waals surface area contributed by atoms with Crippen molar-refractivity contribution in [1.29, 1.82) is 0 Å². The number of hydrogen-bond acceptors (Lipinski definition) is 2. The number of thiol groups is 1. The number of benzene rings is 1. The summed E-state index contributed by atoms with van der Waals surface area (Å²) in [4.78, 5) is 0. The minimum Gasteiger partial charge on any atom is -0.347 e. The molecule has 2 nitrogen and oxygen atoms in total. The highest BCUT2D eigenvalue weighted by atomic mass is 32.1. The van der Waals surface area contributed by atoms with Gasteiger partial charge in [0, 0.05) is 35.9 Å². The van der Waals surface area contributed by atoms with Gasteiger partial charge in [0.2, 0.25) is 0 Å². The molecule has 0 bridgehead atoms. The standard InChI is InChI=1S/C12H16N2S/c1-2-14-7-10(8-15)12-9(6-13)4-3-5-11(12)14/h3-5,7,15H,2,6,8,13H2,1H3. The van der Waals surface area contributed by atoms with E-state index in [1.54, 1.807) is 0 Å². The summed E-state index contributed by atoms with van der Waals surface area (Å²) in [6, 6.07) is 6.30. The Morgan fingerprint density at radius 2 is 2.13 bits per heavy atom. The summed E-state index contributed by atoms with van der Waals surface area (Å²) in [5, 5.41) is 1.29. The predicted molar refractivity (Wildman–Crippen MR) is 68.2 cm³/mol. The van der Waals surface area contributed by atoms with Crippen molar-refractivity contribution in [1.82, 2.24) is 4.57 Å². The normalized spacial score (nSPS) is 11.1. The van der Waals surface area contributed by atoms with E-state index in [1.807, 2.05) is 0 Å². The highest BCUT2D eigenvalue weighted by molar-refractivity contribution is 7.79. The van der Waals surface area contributed by atoms with E-state index in [9.17, 15) is 0 Å². The van der Waals surface area contributed by atoms with Gasteiger partial charge >= 0.3 is 0 Å². The summed E-state index contributed by atoms with van der Waals surface area (Å²) in [7, 11) is 0. The van der Waals surface area contributed by atoms with Gasteiger partial charge in [-0.15, -0.1) is 0 Å². The average molecular weight is 220 g/mol. The molecule has 0 fully saturated rings. The molecule has 1 aromatic heterocycles. The third-order valence-electron chi connectivity index (χ3n) is 2.80. The molecule has 0 saturated carbocycles. The third-order valence-corrected chi connectivity index (χ3v) is 3.14. The summed E-state index contributed by atoms with van der Waals surface area (Å²) in [5.41, 5.74) is 9.51. The molecule has 2 N–H and O–H groups in total. The number of nitrogens with two attached hydrogens (primary N) is 1. The first-order chi connectivity index (χ1) is 7.31. The van der Waals surface area contributed by atoms with Crippen LogP contribution in [0.3, 0.4) is 0 Å². The van der Waals surface area contributed by atoms with Crippen LogP contribution < -0.4 is 5.73 Å². The Labute approximate surface area is 95.5 Å². The van der Waals surface area contributed by atoms with Crippen molar-refractivity contribution in [3.8, 4) is 0 Å². The summed E-state index contributed by atoms with van der Waals surface area (Å²) in [6.45, 7) is 3.72. The Kier molecular flexibility index (Phi) is 3.03. The molecular weight excluding hydrogens is 204 g/mol. The summed E-state index contributed by atoms with van der Waals surface area (Å²) in [6.07, 6.45) is 2.18. The molecule has 0 radical (unpaired) electrons.